The van der Waals surface area contributed by atoms with Crippen LogP contribution in [0.4, 0.5) is 35.6 Å². The van der Waals surface area contributed by atoms with Gasteiger partial charge < -0.3 is 18.9 Å². The zero-order valence-corrected chi connectivity index (χ0v) is 19.4. The van der Waals surface area contributed by atoms with Gasteiger partial charge in [-0.25, -0.2) is 18.4 Å². The number of aromatic nitrogens is 1. The zero-order chi connectivity index (χ0) is 25.3. The SMILES string of the molecule is CC(C)(C)OC(=O)N(CC1CN(c2ccc(N3C=CC(=O)CC3)c(F)c2F)C(=O)O1)c1ccon1. The van der Waals surface area contributed by atoms with Crippen molar-refractivity contribution in [2.75, 3.05) is 34.3 Å². The van der Waals surface area contributed by atoms with Gasteiger partial charge in [0.15, 0.2) is 23.2 Å². The van der Waals surface area contributed by atoms with Crippen LogP contribution in [0.3, 0.4) is 0 Å². The monoisotopic (exact) mass is 490 g/mol. The van der Waals surface area contributed by atoms with Crippen molar-refractivity contribution in [3.8, 4) is 0 Å². The number of carbonyl (C=O) groups excluding carboxylic acids is 3. The Balaban J connectivity index is 1.52. The van der Waals surface area contributed by atoms with Gasteiger partial charge in [0.2, 0.25) is 0 Å². The molecule has 0 aliphatic carbocycles. The molecule has 2 amide bonds. The van der Waals surface area contributed by atoms with E-state index in [1.54, 1.807) is 20.8 Å². The van der Waals surface area contributed by atoms with Gasteiger partial charge in [0.25, 0.3) is 0 Å². The number of halogens is 2. The molecule has 10 nitrogen and oxygen atoms in total. The topological polar surface area (TPSA) is 105 Å². The molecule has 1 aromatic heterocycles. The van der Waals surface area contributed by atoms with Gasteiger partial charge in [0, 0.05) is 25.2 Å². The summed E-state index contributed by atoms with van der Waals surface area (Å²) in [6.07, 6.45) is 1.61. The van der Waals surface area contributed by atoms with Crippen molar-refractivity contribution in [3.05, 3.63) is 48.4 Å². The number of hydrogen-bond donors (Lipinski definition) is 0. The lowest BCUT2D eigenvalue weighted by atomic mass is 10.1. The highest BCUT2D eigenvalue weighted by atomic mass is 19.2. The summed E-state index contributed by atoms with van der Waals surface area (Å²) in [5.41, 5.74) is -1.15. The van der Waals surface area contributed by atoms with Crippen LogP contribution >= 0.6 is 0 Å². The van der Waals surface area contributed by atoms with Crippen molar-refractivity contribution >= 4 is 35.2 Å². The molecule has 1 atom stereocenters. The van der Waals surface area contributed by atoms with E-state index in [-0.39, 0.29) is 49.0 Å². The molecule has 0 radical (unpaired) electrons. The first-order chi connectivity index (χ1) is 16.5. The van der Waals surface area contributed by atoms with E-state index in [1.807, 2.05) is 0 Å². The smallest absolute Gasteiger partial charge is 0.416 e. The average molecular weight is 490 g/mol. The number of anilines is 3. The number of hydrogen-bond acceptors (Lipinski definition) is 8. The molecular formula is C23H24F2N4O6. The third-order valence-electron chi connectivity index (χ3n) is 5.26. The number of allylic oxidation sites excluding steroid dienone is 1. The minimum atomic E-state index is -1.23. The average Bonchev–Trinajstić information content (AvgIpc) is 3.43. The number of cyclic esters (lactones) is 1. The maximum Gasteiger partial charge on any atom is 0.416 e. The first kappa shape index (κ1) is 24.2. The summed E-state index contributed by atoms with van der Waals surface area (Å²) in [5.74, 6) is -2.35. The molecule has 0 spiro atoms. The molecule has 1 aromatic carbocycles. The van der Waals surface area contributed by atoms with E-state index >= 15 is 0 Å². The largest absolute Gasteiger partial charge is 0.443 e. The van der Waals surface area contributed by atoms with Gasteiger partial charge in [-0.3, -0.25) is 14.6 Å². The van der Waals surface area contributed by atoms with E-state index in [2.05, 4.69) is 5.16 Å². The fraction of sp³-hybridized carbons (Fsp3) is 0.391. The summed E-state index contributed by atoms with van der Waals surface area (Å²) < 4.78 is 45.4. The number of carbonyl (C=O) groups is 3. The molecule has 0 saturated carbocycles. The van der Waals surface area contributed by atoms with Gasteiger partial charge in [-0.1, -0.05) is 5.16 Å². The molecule has 1 fully saturated rings. The third kappa shape index (κ3) is 5.26. The van der Waals surface area contributed by atoms with Gasteiger partial charge in [-0.15, -0.1) is 0 Å². The van der Waals surface area contributed by atoms with Gasteiger partial charge in [-0.05, 0) is 39.0 Å². The predicted molar refractivity (Wildman–Crippen MR) is 120 cm³/mol. The standard InChI is InChI=1S/C23H24F2N4O6/c1-23(2,3)35-22(32)29(18-8-11-33-26-18)13-15-12-28(21(31)34-15)17-5-4-16(19(24)20(17)25)27-9-6-14(30)7-10-27/h4-6,8-9,11,15H,7,10,12-13H2,1-3H3. The first-order valence-corrected chi connectivity index (χ1v) is 10.9. The van der Waals surface area contributed by atoms with E-state index in [9.17, 15) is 23.2 Å². The number of rotatable bonds is 5. The minimum absolute atomic E-state index is 0.0544. The second kappa shape index (κ2) is 9.35. The van der Waals surface area contributed by atoms with E-state index < -0.39 is 35.5 Å². The minimum Gasteiger partial charge on any atom is -0.443 e. The van der Waals surface area contributed by atoms with Crippen molar-refractivity contribution in [1.82, 2.24) is 5.16 Å². The fourth-order valence-corrected chi connectivity index (χ4v) is 3.66. The van der Waals surface area contributed by atoms with Crippen molar-refractivity contribution < 1.29 is 37.2 Å². The number of benzene rings is 1. The molecule has 186 valence electrons. The maximum absolute atomic E-state index is 15.0. The Bertz CT molecular complexity index is 1160. The third-order valence-corrected chi connectivity index (χ3v) is 5.26. The predicted octanol–water partition coefficient (Wildman–Crippen LogP) is 4.01. The van der Waals surface area contributed by atoms with Crippen LogP contribution < -0.4 is 14.7 Å². The molecule has 1 saturated heterocycles. The number of ketones is 1. The van der Waals surface area contributed by atoms with Crippen LogP contribution in [0.25, 0.3) is 0 Å². The Hall–Kier alpha value is -3.96. The van der Waals surface area contributed by atoms with Gasteiger partial charge in [0.05, 0.1) is 24.5 Å². The Morgan fingerprint density at radius 2 is 1.91 bits per heavy atom. The molecule has 0 N–H and O–H groups in total. The second-order valence-corrected chi connectivity index (χ2v) is 9.02. The zero-order valence-electron chi connectivity index (χ0n) is 19.4. The lowest BCUT2D eigenvalue weighted by molar-refractivity contribution is -0.114. The summed E-state index contributed by atoms with van der Waals surface area (Å²) in [6, 6.07) is 4.04. The Morgan fingerprint density at radius 3 is 2.54 bits per heavy atom. The molecule has 3 heterocycles. The highest BCUT2D eigenvalue weighted by molar-refractivity contribution is 5.93. The van der Waals surface area contributed by atoms with E-state index in [0.29, 0.717) is 0 Å². The summed E-state index contributed by atoms with van der Waals surface area (Å²) in [6.45, 7) is 4.99. The van der Waals surface area contributed by atoms with Crippen LogP contribution in [0.1, 0.15) is 27.2 Å². The highest BCUT2D eigenvalue weighted by Gasteiger charge is 2.38. The number of amides is 2. The molecule has 1 unspecified atom stereocenters. The van der Waals surface area contributed by atoms with E-state index in [0.717, 1.165) is 9.80 Å². The highest BCUT2D eigenvalue weighted by Crippen LogP contribution is 2.33. The van der Waals surface area contributed by atoms with E-state index in [1.165, 1.54) is 41.6 Å². The number of nitrogens with zero attached hydrogens (tertiary/aromatic N) is 4. The molecule has 35 heavy (non-hydrogen) atoms. The van der Waals surface area contributed by atoms with Crippen molar-refractivity contribution in [1.29, 1.82) is 0 Å². The molecule has 12 heteroatoms. The fourth-order valence-electron chi connectivity index (χ4n) is 3.66. The van der Waals surface area contributed by atoms with Gasteiger partial charge in [0.1, 0.15) is 18.0 Å². The Labute approximate surface area is 199 Å². The summed E-state index contributed by atoms with van der Waals surface area (Å²) in [7, 11) is 0. The van der Waals surface area contributed by atoms with Crippen LogP contribution in [0.5, 0.6) is 0 Å². The van der Waals surface area contributed by atoms with Crippen molar-refractivity contribution in [2.45, 2.75) is 38.9 Å². The summed E-state index contributed by atoms with van der Waals surface area (Å²) in [5, 5.41) is 3.75. The normalized spacial score (nSPS) is 18.1. The molecule has 4 rings (SSSR count). The van der Waals surface area contributed by atoms with Crippen LogP contribution in [0, 0.1) is 11.6 Å². The quantitative estimate of drug-likeness (QED) is 0.619. The number of ether oxygens (including phenoxy) is 2. The van der Waals surface area contributed by atoms with Gasteiger partial charge in [-0.2, -0.15) is 0 Å². The molecular weight excluding hydrogens is 466 g/mol. The second-order valence-electron chi connectivity index (χ2n) is 9.02. The van der Waals surface area contributed by atoms with Crippen LogP contribution in [0.2, 0.25) is 0 Å². The van der Waals surface area contributed by atoms with Gasteiger partial charge >= 0.3 is 12.2 Å². The molecule has 0 bridgehead atoms. The molecule has 2 aromatic rings. The van der Waals surface area contributed by atoms with Crippen molar-refractivity contribution in [3.63, 3.8) is 0 Å². The summed E-state index contributed by atoms with van der Waals surface area (Å²) in [4.78, 5) is 40.1. The van der Waals surface area contributed by atoms with E-state index in [4.69, 9.17) is 14.0 Å². The van der Waals surface area contributed by atoms with Crippen LogP contribution in [-0.4, -0.2) is 54.5 Å². The Morgan fingerprint density at radius 1 is 1.20 bits per heavy atom. The van der Waals surface area contributed by atoms with Crippen LogP contribution in [-0.2, 0) is 14.3 Å². The maximum atomic E-state index is 15.0. The van der Waals surface area contributed by atoms with Crippen molar-refractivity contribution in [2.24, 2.45) is 0 Å². The molecule has 2 aliphatic rings. The summed E-state index contributed by atoms with van der Waals surface area (Å²) >= 11 is 0. The lowest BCUT2D eigenvalue weighted by Crippen LogP contribution is -2.42. The molecule has 2 aliphatic heterocycles. The first-order valence-electron chi connectivity index (χ1n) is 10.9. The Kier molecular flexibility index (Phi) is 6.46. The lowest BCUT2D eigenvalue weighted by Gasteiger charge is -2.27. The van der Waals surface area contributed by atoms with Crippen LogP contribution in [0.15, 0.2) is 41.3 Å².